The highest BCUT2D eigenvalue weighted by Crippen LogP contribution is 2.24. The van der Waals surface area contributed by atoms with Crippen molar-refractivity contribution in [2.75, 3.05) is 13.2 Å². The molecule has 0 aromatic heterocycles. The Labute approximate surface area is 185 Å². The van der Waals surface area contributed by atoms with Crippen LogP contribution in [0.1, 0.15) is 48.9 Å². The van der Waals surface area contributed by atoms with E-state index in [0.29, 0.717) is 18.8 Å². The van der Waals surface area contributed by atoms with Crippen LogP contribution in [0.3, 0.4) is 0 Å². The fourth-order valence-corrected chi connectivity index (χ4v) is 3.17. The standard InChI is InChI=1S/C25H34N2O4/c1-17-8-9-20(4)22(15-17)30-11-7-10-25(5,6)24(29)27-26-23(28)16-31-21-13-18(2)12-19(3)14-21/h8-9,12-15H,7,10-11,16H2,1-6H3,(H,26,28)(H,27,29). The Morgan fingerprint density at radius 3 is 2.23 bits per heavy atom. The van der Waals surface area contributed by atoms with Crippen molar-refractivity contribution >= 4 is 11.8 Å². The van der Waals surface area contributed by atoms with Crippen LogP contribution in [0.2, 0.25) is 0 Å². The van der Waals surface area contributed by atoms with E-state index in [-0.39, 0.29) is 12.5 Å². The van der Waals surface area contributed by atoms with Gasteiger partial charge in [0.1, 0.15) is 11.5 Å². The Hall–Kier alpha value is -3.02. The lowest BCUT2D eigenvalue weighted by Crippen LogP contribution is -2.48. The van der Waals surface area contributed by atoms with E-state index in [9.17, 15) is 9.59 Å². The molecule has 2 rings (SSSR count). The molecule has 0 radical (unpaired) electrons. The molecule has 6 heteroatoms. The molecule has 2 N–H and O–H groups in total. The monoisotopic (exact) mass is 426 g/mol. The topological polar surface area (TPSA) is 76.7 Å². The second-order valence-corrected chi connectivity index (χ2v) is 8.72. The number of aryl methyl sites for hydroxylation is 4. The first-order chi connectivity index (χ1) is 14.6. The number of amides is 2. The summed E-state index contributed by atoms with van der Waals surface area (Å²) in [7, 11) is 0. The Bertz CT molecular complexity index is 901. The quantitative estimate of drug-likeness (QED) is 0.462. The number of carbonyl (C=O) groups is 2. The van der Waals surface area contributed by atoms with Gasteiger partial charge in [-0.25, -0.2) is 0 Å². The average Bonchev–Trinajstić information content (AvgIpc) is 2.69. The van der Waals surface area contributed by atoms with Gasteiger partial charge in [-0.1, -0.05) is 32.0 Å². The molecule has 0 aliphatic rings. The van der Waals surface area contributed by atoms with Crippen molar-refractivity contribution in [3.05, 3.63) is 58.7 Å². The Morgan fingerprint density at radius 2 is 1.55 bits per heavy atom. The van der Waals surface area contributed by atoms with Crippen LogP contribution < -0.4 is 20.3 Å². The van der Waals surface area contributed by atoms with Gasteiger partial charge in [-0.3, -0.25) is 20.4 Å². The fourth-order valence-electron chi connectivity index (χ4n) is 3.17. The van der Waals surface area contributed by atoms with Crippen LogP contribution >= 0.6 is 0 Å². The fraction of sp³-hybridized carbons (Fsp3) is 0.440. The van der Waals surface area contributed by atoms with Gasteiger partial charge in [0.05, 0.1) is 6.61 Å². The van der Waals surface area contributed by atoms with Gasteiger partial charge in [0.15, 0.2) is 6.61 Å². The summed E-state index contributed by atoms with van der Waals surface area (Å²) >= 11 is 0. The predicted octanol–water partition coefficient (Wildman–Crippen LogP) is 4.33. The van der Waals surface area contributed by atoms with E-state index in [1.807, 2.05) is 71.9 Å². The predicted molar refractivity (Wildman–Crippen MR) is 122 cm³/mol. The first-order valence-electron chi connectivity index (χ1n) is 10.6. The average molecular weight is 427 g/mol. The van der Waals surface area contributed by atoms with E-state index in [2.05, 4.69) is 16.9 Å². The van der Waals surface area contributed by atoms with Crippen molar-refractivity contribution in [3.8, 4) is 11.5 Å². The van der Waals surface area contributed by atoms with Gasteiger partial charge in [0.2, 0.25) is 5.91 Å². The van der Waals surface area contributed by atoms with Gasteiger partial charge in [-0.05, 0) is 81.0 Å². The summed E-state index contributed by atoms with van der Waals surface area (Å²) in [6, 6.07) is 11.9. The summed E-state index contributed by atoms with van der Waals surface area (Å²) < 4.78 is 11.4. The number of hydrazine groups is 1. The molecule has 0 bridgehead atoms. The molecule has 2 aromatic rings. The lowest BCUT2D eigenvalue weighted by atomic mass is 9.87. The van der Waals surface area contributed by atoms with Crippen LogP contribution in [0.4, 0.5) is 0 Å². The third-order valence-electron chi connectivity index (χ3n) is 5.04. The zero-order chi connectivity index (χ0) is 23.0. The van der Waals surface area contributed by atoms with Crippen molar-refractivity contribution in [2.45, 2.75) is 54.4 Å². The molecule has 0 saturated heterocycles. The molecule has 0 fully saturated rings. The van der Waals surface area contributed by atoms with Crippen LogP contribution in [0.25, 0.3) is 0 Å². The minimum absolute atomic E-state index is 0.173. The molecule has 0 saturated carbocycles. The van der Waals surface area contributed by atoms with E-state index in [1.54, 1.807) is 0 Å². The van der Waals surface area contributed by atoms with Crippen molar-refractivity contribution in [3.63, 3.8) is 0 Å². The summed E-state index contributed by atoms with van der Waals surface area (Å²) in [5, 5.41) is 0. The number of hydrogen-bond acceptors (Lipinski definition) is 4. The van der Waals surface area contributed by atoms with Crippen LogP contribution in [-0.4, -0.2) is 25.0 Å². The molecule has 0 heterocycles. The zero-order valence-electron chi connectivity index (χ0n) is 19.4. The van der Waals surface area contributed by atoms with Crippen LogP contribution in [0.5, 0.6) is 11.5 Å². The third kappa shape index (κ3) is 7.96. The lowest BCUT2D eigenvalue weighted by Gasteiger charge is -2.23. The van der Waals surface area contributed by atoms with E-state index in [4.69, 9.17) is 9.47 Å². The highest BCUT2D eigenvalue weighted by Gasteiger charge is 2.27. The molecular formula is C25H34N2O4. The van der Waals surface area contributed by atoms with Crippen molar-refractivity contribution in [2.24, 2.45) is 5.41 Å². The molecule has 2 amide bonds. The smallest absolute Gasteiger partial charge is 0.276 e. The van der Waals surface area contributed by atoms with Gasteiger partial charge < -0.3 is 9.47 Å². The highest BCUT2D eigenvalue weighted by atomic mass is 16.5. The Morgan fingerprint density at radius 1 is 0.871 bits per heavy atom. The maximum Gasteiger partial charge on any atom is 0.276 e. The summed E-state index contributed by atoms with van der Waals surface area (Å²) in [4.78, 5) is 24.5. The number of benzene rings is 2. The molecule has 6 nitrogen and oxygen atoms in total. The first kappa shape index (κ1) is 24.3. The highest BCUT2D eigenvalue weighted by molar-refractivity contribution is 5.85. The van der Waals surface area contributed by atoms with Crippen molar-refractivity contribution in [1.29, 1.82) is 0 Å². The van der Waals surface area contributed by atoms with E-state index in [1.165, 1.54) is 0 Å². The number of carbonyl (C=O) groups excluding carboxylic acids is 2. The Balaban J connectivity index is 1.71. The van der Waals surface area contributed by atoms with Crippen LogP contribution in [0.15, 0.2) is 36.4 Å². The minimum Gasteiger partial charge on any atom is -0.493 e. The second-order valence-electron chi connectivity index (χ2n) is 8.72. The summed E-state index contributed by atoms with van der Waals surface area (Å²) in [5.41, 5.74) is 8.64. The molecule has 2 aromatic carbocycles. The van der Waals surface area contributed by atoms with Crippen LogP contribution in [0, 0.1) is 33.1 Å². The van der Waals surface area contributed by atoms with E-state index in [0.717, 1.165) is 34.4 Å². The zero-order valence-corrected chi connectivity index (χ0v) is 19.4. The molecule has 0 aliphatic heterocycles. The molecule has 0 aliphatic carbocycles. The van der Waals surface area contributed by atoms with Crippen molar-refractivity contribution in [1.82, 2.24) is 10.9 Å². The minimum atomic E-state index is -0.646. The van der Waals surface area contributed by atoms with Crippen molar-refractivity contribution < 1.29 is 19.1 Å². The number of hydrogen-bond donors (Lipinski definition) is 2. The normalized spacial score (nSPS) is 11.0. The molecule has 0 spiro atoms. The third-order valence-corrected chi connectivity index (χ3v) is 5.04. The van der Waals surface area contributed by atoms with Crippen LogP contribution in [-0.2, 0) is 9.59 Å². The summed E-state index contributed by atoms with van der Waals surface area (Å²) in [6.45, 7) is 12.0. The first-order valence-corrected chi connectivity index (χ1v) is 10.6. The van der Waals surface area contributed by atoms with E-state index < -0.39 is 11.3 Å². The van der Waals surface area contributed by atoms with Gasteiger partial charge in [0, 0.05) is 5.41 Å². The Kier molecular flexibility index (Phi) is 8.48. The molecule has 0 atom stereocenters. The van der Waals surface area contributed by atoms with E-state index >= 15 is 0 Å². The largest absolute Gasteiger partial charge is 0.493 e. The summed E-state index contributed by atoms with van der Waals surface area (Å²) in [6.07, 6.45) is 1.34. The molecule has 31 heavy (non-hydrogen) atoms. The number of ether oxygens (including phenoxy) is 2. The van der Waals surface area contributed by atoms with Gasteiger partial charge in [-0.2, -0.15) is 0 Å². The van der Waals surface area contributed by atoms with Gasteiger partial charge in [0.25, 0.3) is 5.91 Å². The number of rotatable bonds is 9. The molecule has 0 unspecified atom stereocenters. The second kappa shape index (κ2) is 10.8. The summed E-state index contributed by atoms with van der Waals surface area (Å²) in [5.74, 6) is 0.835. The molecular weight excluding hydrogens is 392 g/mol. The molecule has 168 valence electrons. The lowest BCUT2D eigenvalue weighted by molar-refractivity contribution is -0.135. The van der Waals surface area contributed by atoms with Gasteiger partial charge in [-0.15, -0.1) is 0 Å². The van der Waals surface area contributed by atoms with Gasteiger partial charge >= 0.3 is 0 Å². The maximum atomic E-state index is 12.5. The number of nitrogens with one attached hydrogen (secondary N) is 2. The maximum absolute atomic E-state index is 12.5. The SMILES string of the molecule is Cc1cc(C)cc(OCC(=O)NNC(=O)C(C)(C)CCCOc2cc(C)ccc2C)c1.